The van der Waals surface area contributed by atoms with Crippen LogP contribution in [0.2, 0.25) is 15.1 Å². The van der Waals surface area contributed by atoms with Gasteiger partial charge in [-0.15, -0.1) is 0 Å². The standard InChI is InChI=1S/C16H15Cl3N2/c1-21-7-6-20-16(12-4-2-11(18)9-14(12)19)13-8-10(17)3-5-15(13)21/h2-5,8-9,16,20H,6-7H2,1H3. The highest BCUT2D eigenvalue weighted by Gasteiger charge is 2.24. The van der Waals surface area contributed by atoms with Gasteiger partial charge in [-0.25, -0.2) is 0 Å². The van der Waals surface area contributed by atoms with E-state index < -0.39 is 0 Å². The molecule has 0 saturated heterocycles. The average molecular weight is 342 g/mol. The van der Waals surface area contributed by atoms with E-state index in [1.54, 1.807) is 6.07 Å². The SMILES string of the molecule is CN1CCNC(c2ccc(Cl)cc2Cl)c2cc(Cl)ccc21. The van der Waals surface area contributed by atoms with Gasteiger partial charge in [-0.05, 0) is 41.5 Å². The number of hydrogen-bond acceptors (Lipinski definition) is 2. The number of anilines is 1. The lowest BCUT2D eigenvalue weighted by atomic mass is 9.97. The van der Waals surface area contributed by atoms with Crippen LogP contribution in [0.1, 0.15) is 17.2 Å². The maximum absolute atomic E-state index is 6.39. The van der Waals surface area contributed by atoms with E-state index in [0.29, 0.717) is 10.0 Å². The molecule has 2 nitrogen and oxygen atoms in total. The smallest absolute Gasteiger partial charge is 0.0613 e. The molecule has 1 N–H and O–H groups in total. The van der Waals surface area contributed by atoms with Crippen molar-refractivity contribution in [3.05, 3.63) is 62.6 Å². The molecule has 0 saturated carbocycles. The molecule has 0 bridgehead atoms. The van der Waals surface area contributed by atoms with E-state index in [0.717, 1.165) is 29.2 Å². The normalized spacial score (nSPS) is 18.3. The number of likely N-dealkylation sites (N-methyl/N-ethyl adjacent to an activating group) is 1. The third-order valence-electron chi connectivity index (χ3n) is 3.78. The second kappa shape index (κ2) is 6.05. The molecule has 0 aromatic heterocycles. The summed E-state index contributed by atoms with van der Waals surface area (Å²) in [7, 11) is 2.08. The van der Waals surface area contributed by atoms with Crippen molar-refractivity contribution >= 4 is 40.5 Å². The minimum absolute atomic E-state index is 0.00779. The molecule has 1 aliphatic rings. The van der Waals surface area contributed by atoms with Crippen molar-refractivity contribution in [2.75, 3.05) is 25.0 Å². The number of nitrogens with one attached hydrogen (secondary N) is 1. The van der Waals surface area contributed by atoms with Gasteiger partial charge < -0.3 is 10.2 Å². The maximum Gasteiger partial charge on any atom is 0.0613 e. The Bertz CT molecular complexity index is 673. The summed E-state index contributed by atoms with van der Waals surface area (Å²) < 4.78 is 0. The minimum atomic E-state index is 0.00779. The average Bonchev–Trinajstić information content (AvgIpc) is 2.59. The summed E-state index contributed by atoms with van der Waals surface area (Å²) in [5.74, 6) is 0. The molecule has 0 aliphatic carbocycles. The Morgan fingerprint density at radius 2 is 1.71 bits per heavy atom. The molecule has 1 heterocycles. The topological polar surface area (TPSA) is 15.3 Å². The number of nitrogens with zero attached hydrogens (tertiary/aromatic N) is 1. The van der Waals surface area contributed by atoms with Crippen LogP contribution < -0.4 is 10.2 Å². The Kier molecular flexibility index (Phi) is 4.32. The van der Waals surface area contributed by atoms with E-state index in [1.807, 2.05) is 24.3 Å². The van der Waals surface area contributed by atoms with Gasteiger partial charge in [0.05, 0.1) is 6.04 Å². The van der Waals surface area contributed by atoms with Crippen molar-refractivity contribution in [1.82, 2.24) is 5.32 Å². The van der Waals surface area contributed by atoms with Crippen LogP contribution in [0.3, 0.4) is 0 Å². The molecule has 1 aliphatic heterocycles. The molecule has 0 amide bonds. The Hall–Kier alpha value is -0.930. The number of halogens is 3. The Morgan fingerprint density at radius 3 is 2.48 bits per heavy atom. The molecule has 3 rings (SSSR count). The lowest BCUT2D eigenvalue weighted by Gasteiger charge is -2.22. The minimum Gasteiger partial charge on any atom is -0.373 e. The highest BCUT2D eigenvalue weighted by Crippen LogP contribution is 2.37. The molecule has 2 aromatic rings. The number of hydrogen-bond donors (Lipinski definition) is 1. The first-order valence-corrected chi connectivity index (χ1v) is 7.88. The molecule has 110 valence electrons. The monoisotopic (exact) mass is 340 g/mol. The molecule has 2 aromatic carbocycles. The van der Waals surface area contributed by atoms with Crippen LogP contribution in [0.25, 0.3) is 0 Å². The summed E-state index contributed by atoms with van der Waals surface area (Å²) in [5, 5.41) is 5.57. The summed E-state index contributed by atoms with van der Waals surface area (Å²) in [5.41, 5.74) is 3.31. The first-order valence-electron chi connectivity index (χ1n) is 6.75. The Balaban J connectivity index is 2.14. The molecule has 5 heteroatoms. The predicted octanol–water partition coefficient (Wildman–Crippen LogP) is 4.78. The van der Waals surface area contributed by atoms with Gasteiger partial charge in [0.15, 0.2) is 0 Å². The van der Waals surface area contributed by atoms with Crippen LogP contribution in [0.4, 0.5) is 5.69 Å². The Labute approximate surface area is 139 Å². The molecule has 1 unspecified atom stereocenters. The maximum atomic E-state index is 6.39. The predicted molar refractivity (Wildman–Crippen MR) is 91.0 cm³/mol. The zero-order valence-electron chi connectivity index (χ0n) is 11.5. The van der Waals surface area contributed by atoms with E-state index in [-0.39, 0.29) is 6.04 Å². The van der Waals surface area contributed by atoms with Gasteiger partial charge in [-0.1, -0.05) is 40.9 Å². The van der Waals surface area contributed by atoms with E-state index in [1.165, 1.54) is 5.69 Å². The summed E-state index contributed by atoms with van der Waals surface area (Å²) in [6.45, 7) is 1.79. The fourth-order valence-electron chi connectivity index (χ4n) is 2.72. The first-order chi connectivity index (χ1) is 10.1. The number of rotatable bonds is 1. The third-order valence-corrected chi connectivity index (χ3v) is 4.58. The molecule has 21 heavy (non-hydrogen) atoms. The zero-order valence-corrected chi connectivity index (χ0v) is 13.8. The second-order valence-electron chi connectivity index (χ2n) is 5.18. The van der Waals surface area contributed by atoms with E-state index >= 15 is 0 Å². The van der Waals surface area contributed by atoms with Crippen LogP contribution in [-0.4, -0.2) is 20.1 Å². The fraction of sp³-hybridized carbons (Fsp3) is 0.250. The van der Waals surface area contributed by atoms with Crippen LogP contribution in [-0.2, 0) is 0 Å². The van der Waals surface area contributed by atoms with Gasteiger partial charge in [0.25, 0.3) is 0 Å². The van der Waals surface area contributed by atoms with Crippen LogP contribution >= 0.6 is 34.8 Å². The van der Waals surface area contributed by atoms with Gasteiger partial charge in [0.1, 0.15) is 0 Å². The molecule has 0 spiro atoms. The molecule has 0 fully saturated rings. The largest absolute Gasteiger partial charge is 0.373 e. The molecular weight excluding hydrogens is 327 g/mol. The zero-order chi connectivity index (χ0) is 15.0. The molecule has 0 radical (unpaired) electrons. The summed E-state index contributed by atoms with van der Waals surface area (Å²) in [6.07, 6.45) is 0. The number of fused-ring (bicyclic) bond motifs is 1. The molecular formula is C16H15Cl3N2. The van der Waals surface area contributed by atoms with Crippen LogP contribution in [0.15, 0.2) is 36.4 Å². The van der Waals surface area contributed by atoms with Gasteiger partial charge in [-0.3, -0.25) is 0 Å². The first kappa shape index (κ1) is 15.0. The fourth-order valence-corrected chi connectivity index (χ4v) is 3.42. The summed E-state index contributed by atoms with van der Waals surface area (Å²) >= 11 is 18.6. The lowest BCUT2D eigenvalue weighted by molar-refractivity contribution is 0.626. The van der Waals surface area contributed by atoms with Gasteiger partial charge in [0, 0.05) is 40.9 Å². The van der Waals surface area contributed by atoms with Gasteiger partial charge in [-0.2, -0.15) is 0 Å². The van der Waals surface area contributed by atoms with Crippen LogP contribution in [0.5, 0.6) is 0 Å². The Morgan fingerprint density at radius 1 is 1.00 bits per heavy atom. The highest BCUT2D eigenvalue weighted by molar-refractivity contribution is 6.35. The van der Waals surface area contributed by atoms with Crippen molar-refractivity contribution in [2.24, 2.45) is 0 Å². The van der Waals surface area contributed by atoms with E-state index in [4.69, 9.17) is 34.8 Å². The van der Waals surface area contributed by atoms with Crippen molar-refractivity contribution in [2.45, 2.75) is 6.04 Å². The van der Waals surface area contributed by atoms with Gasteiger partial charge in [0.2, 0.25) is 0 Å². The van der Waals surface area contributed by atoms with E-state index in [9.17, 15) is 0 Å². The second-order valence-corrected chi connectivity index (χ2v) is 6.46. The highest BCUT2D eigenvalue weighted by atomic mass is 35.5. The third kappa shape index (κ3) is 3.00. The summed E-state index contributed by atoms with van der Waals surface area (Å²) in [4.78, 5) is 2.22. The number of benzene rings is 2. The van der Waals surface area contributed by atoms with Crippen LogP contribution in [0, 0.1) is 0 Å². The molecule has 1 atom stereocenters. The van der Waals surface area contributed by atoms with E-state index in [2.05, 4.69) is 23.3 Å². The quantitative estimate of drug-likeness (QED) is 0.803. The van der Waals surface area contributed by atoms with Crippen molar-refractivity contribution in [3.63, 3.8) is 0 Å². The summed E-state index contributed by atoms with van der Waals surface area (Å²) in [6, 6.07) is 11.6. The van der Waals surface area contributed by atoms with Crippen molar-refractivity contribution < 1.29 is 0 Å². The van der Waals surface area contributed by atoms with Gasteiger partial charge >= 0.3 is 0 Å². The van der Waals surface area contributed by atoms with Crippen molar-refractivity contribution in [1.29, 1.82) is 0 Å². The van der Waals surface area contributed by atoms with Crippen molar-refractivity contribution in [3.8, 4) is 0 Å². The lowest BCUT2D eigenvalue weighted by Crippen LogP contribution is -2.27.